The molecule has 0 aliphatic carbocycles. The van der Waals surface area contributed by atoms with E-state index in [9.17, 15) is 33.4 Å². The van der Waals surface area contributed by atoms with Crippen LogP contribution in [0.15, 0.2) is 66.9 Å². The molecule has 3 N–H and O–H groups in total. The molecule has 0 aliphatic rings. The number of methoxy groups -OCH3 is 2. The minimum atomic E-state index is -1.12. The van der Waals surface area contributed by atoms with Crippen molar-refractivity contribution in [2.45, 2.75) is 57.8 Å². The van der Waals surface area contributed by atoms with E-state index in [1.54, 1.807) is 24.3 Å². The summed E-state index contributed by atoms with van der Waals surface area (Å²) in [6, 6.07) is 14.0. The normalized spacial score (nSPS) is 12.4. The molecule has 4 aromatic rings. The molecule has 0 saturated carbocycles. The number of hydrogen-bond donors (Lipinski definition) is 3. The lowest BCUT2D eigenvalue weighted by Crippen LogP contribution is -2.23. The topological polar surface area (TPSA) is 140 Å². The van der Waals surface area contributed by atoms with Crippen molar-refractivity contribution in [2.24, 2.45) is 0 Å². The first-order chi connectivity index (χ1) is 22.4. The lowest BCUT2D eigenvalue weighted by atomic mass is 9.92. The number of nitrogens with zero attached hydrogens (tertiary/aromatic N) is 2. The molecule has 0 radical (unpaired) electrons. The van der Waals surface area contributed by atoms with E-state index in [1.165, 1.54) is 56.8 Å². The molecule has 12 heteroatoms. The van der Waals surface area contributed by atoms with Gasteiger partial charge in [-0.2, -0.15) is 0 Å². The van der Waals surface area contributed by atoms with E-state index in [4.69, 9.17) is 4.74 Å². The number of esters is 2. The molecule has 2 unspecified atom stereocenters. The SMILES string of the molecule is COC(=O)CC(O)CC(O)CCc1c(-c2ccc(F)cc2)c(-c2ccc(F)cc2)c(C(=O)Nc2ccc(C(=O)OC)cn2)n1C(C)C. The van der Waals surface area contributed by atoms with E-state index in [0.29, 0.717) is 27.9 Å². The summed E-state index contributed by atoms with van der Waals surface area (Å²) in [6.45, 7) is 3.76. The summed E-state index contributed by atoms with van der Waals surface area (Å²) >= 11 is 0. The van der Waals surface area contributed by atoms with Crippen LogP contribution in [-0.4, -0.2) is 64.0 Å². The molecule has 0 aliphatic heterocycles. The van der Waals surface area contributed by atoms with Crippen LogP contribution in [0.2, 0.25) is 0 Å². The van der Waals surface area contributed by atoms with E-state index < -0.39 is 41.7 Å². The maximum Gasteiger partial charge on any atom is 0.339 e. The minimum absolute atomic E-state index is 0.0885. The predicted octanol–water partition coefficient (Wildman–Crippen LogP) is 5.72. The van der Waals surface area contributed by atoms with Crippen molar-refractivity contribution in [3.05, 3.63) is 95.4 Å². The lowest BCUT2D eigenvalue weighted by molar-refractivity contribution is -0.143. The molecular weight excluding hydrogens is 612 g/mol. The number of aromatic nitrogens is 2. The second-order valence-corrected chi connectivity index (χ2v) is 11.3. The molecule has 2 aromatic carbocycles. The summed E-state index contributed by atoms with van der Waals surface area (Å²) in [5.74, 6) is -2.53. The highest BCUT2D eigenvalue weighted by Crippen LogP contribution is 2.43. The van der Waals surface area contributed by atoms with Gasteiger partial charge >= 0.3 is 11.9 Å². The van der Waals surface area contributed by atoms with Crippen LogP contribution >= 0.6 is 0 Å². The zero-order valence-electron chi connectivity index (χ0n) is 26.5. The number of rotatable bonds is 13. The summed E-state index contributed by atoms with van der Waals surface area (Å²) in [4.78, 5) is 41.9. The first-order valence-corrected chi connectivity index (χ1v) is 15.0. The Morgan fingerprint density at radius 1 is 0.851 bits per heavy atom. The van der Waals surface area contributed by atoms with E-state index in [-0.39, 0.29) is 48.8 Å². The monoisotopic (exact) mass is 649 g/mol. The van der Waals surface area contributed by atoms with Crippen molar-refractivity contribution in [3.8, 4) is 22.3 Å². The Hall–Kier alpha value is -4.94. The number of nitrogens with one attached hydrogen (secondary N) is 1. The van der Waals surface area contributed by atoms with Gasteiger partial charge < -0.3 is 29.6 Å². The van der Waals surface area contributed by atoms with Gasteiger partial charge in [-0.15, -0.1) is 0 Å². The van der Waals surface area contributed by atoms with Crippen LogP contribution in [0, 0.1) is 11.6 Å². The average molecular weight is 650 g/mol. The molecule has 2 aromatic heterocycles. The zero-order valence-corrected chi connectivity index (χ0v) is 26.5. The maximum absolute atomic E-state index is 14.2. The summed E-state index contributed by atoms with van der Waals surface area (Å²) in [5.41, 5.74) is 3.15. The van der Waals surface area contributed by atoms with Crippen molar-refractivity contribution in [1.29, 1.82) is 0 Å². The van der Waals surface area contributed by atoms with Crippen molar-refractivity contribution >= 4 is 23.7 Å². The third kappa shape index (κ3) is 8.46. The molecular formula is C35H37F2N3O7. The second kappa shape index (κ2) is 15.6. The van der Waals surface area contributed by atoms with Gasteiger partial charge in [-0.3, -0.25) is 9.59 Å². The maximum atomic E-state index is 14.2. The number of aliphatic hydroxyl groups excluding tert-OH is 2. The van der Waals surface area contributed by atoms with Crippen molar-refractivity contribution in [2.75, 3.05) is 19.5 Å². The van der Waals surface area contributed by atoms with Crippen LogP contribution < -0.4 is 5.32 Å². The fourth-order valence-corrected chi connectivity index (χ4v) is 5.48. The number of amides is 1. The van der Waals surface area contributed by atoms with Gasteiger partial charge in [-0.25, -0.2) is 18.6 Å². The first-order valence-electron chi connectivity index (χ1n) is 15.0. The Bertz CT molecular complexity index is 1700. The summed E-state index contributed by atoms with van der Waals surface area (Å²) in [5, 5.41) is 24.0. The van der Waals surface area contributed by atoms with Crippen molar-refractivity contribution in [3.63, 3.8) is 0 Å². The Balaban J connectivity index is 1.87. The van der Waals surface area contributed by atoms with Gasteiger partial charge in [-0.05, 0) is 80.6 Å². The second-order valence-electron chi connectivity index (χ2n) is 11.3. The Morgan fingerprint density at radius 3 is 1.96 bits per heavy atom. The number of anilines is 1. The van der Waals surface area contributed by atoms with Gasteiger partial charge in [0.2, 0.25) is 0 Å². The summed E-state index contributed by atoms with van der Waals surface area (Å²) < 4.78 is 39.4. The molecule has 248 valence electrons. The fraction of sp³-hybridized carbons (Fsp3) is 0.314. The zero-order chi connectivity index (χ0) is 34.2. The predicted molar refractivity (Wildman–Crippen MR) is 171 cm³/mol. The number of pyridine rings is 1. The van der Waals surface area contributed by atoms with E-state index in [1.807, 2.05) is 18.4 Å². The average Bonchev–Trinajstić information content (AvgIpc) is 3.39. The third-order valence-electron chi connectivity index (χ3n) is 7.62. The molecule has 2 heterocycles. The van der Waals surface area contributed by atoms with Crippen LogP contribution in [0.5, 0.6) is 0 Å². The van der Waals surface area contributed by atoms with Gasteiger partial charge in [0.15, 0.2) is 0 Å². The van der Waals surface area contributed by atoms with Gasteiger partial charge in [0.25, 0.3) is 5.91 Å². The first kappa shape index (κ1) is 34.9. The molecule has 1 amide bonds. The van der Waals surface area contributed by atoms with Crippen LogP contribution in [0.1, 0.15) is 65.7 Å². The van der Waals surface area contributed by atoms with Crippen LogP contribution in [0.4, 0.5) is 14.6 Å². The molecule has 10 nitrogen and oxygen atoms in total. The molecule has 4 rings (SSSR count). The van der Waals surface area contributed by atoms with E-state index in [2.05, 4.69) is 15.0 Å². The number of carbonyl (C=O) groups is 3. The molecule has 0 fully saturated rings. The van der Waals surface area contributed by atoms with Crippen LogP contribution in [0.25, 0.3) is 22.3 Å². The quantitative estimate of drug-likeness (QED) is 0.156. The number of aliphatic hydroxyl groups is 2. The smallest absolute Gasteiger partial charge is 0.339 e. The van der Waals surface area contributed by atoms with Crippen LogP contribution in [-0.2, 0) is 20.7 Å². The third-order valence-corrected chi connectivity index (χ3v) is 7.62. The molecule has 0 saturated heterocycles. The lowest BCUT2D eigenvalue weighted by Gasteiger charge is -2.20. The largest absolute Gasteiger partial charge is 0.469 e. The van der Waals surface area contributed by atoms with Gasteiger partial charge in [-0.1, -0.05) is 24.3 Å². The van der Waals surface area contributed by atoms with Crippen LogP contribution in [0.3, 0.4) is 0 Å². The number of benzene rings is 2. The van der Waals surface area contributed by atoms with Crippen molar-refractivity contribution in [1.82, 2.24) is 9.55 Å². The number of ether oxygens (including phenoxy) is 2. The standard InChI is InChI=1S/C35H37F2N3O7/c1-20(2)40-28(15-14-26(41)17-27(42)18-30(43)46-3)31(21-5-10-24(36)11-6-21)32(22-7-12-25(37)13-8-22)33(40)34(44)39-29-16-9-23(19-38-29)35(45)47-4/h5-13,16,19-20,26-27,41-42H,14-15,17-18H2,1-4H3,(H,38,39,44). The summed E-state index contributed by atoms with van der Waals surface area (Å²) in [6.07, 6.45) is -0.877. The molecule has 0 spiro atoms. The highest BCUT2D eigenvalue weighted by atomic mass is 19.1. The van der Waals surface area contributed by atoms with Gasteiger partial charge in [0.05, 0.1) is 38.4 Å². The molecule has 0 bridgehead atoms. The fourth-order valence-electron chi connectivity index (χ4n) is 5.48. The van der Waals surface area contributed by atoms with Gasteiger partial charge in [0, 0.05) is 29.1 Å². The number of hydrogen-bond acceptors (Lipinski definition) is 8. The van der Waals surface area contributed by atoms with E-state index in [0.717, 1.165) is 0 Å². The Morgan fingerprint density at radius 2 is 1.45 bits per heavy atom. The Labute approximate surface area is 271 Å². The van der Waals surface area contributed by atoms with Gasteiger partial charge in [0.1, 0.15) is 23.1 Å². The highest BCUT2D eigenvalue weighted by Gasteiger charge is 2.31. The molecule has 47 heavy (non-hydrogen) atoms. The van der Waals surface area contributed by atoms with Crippen molar-refractivity contribution < 1.29 is 42.9 Å². The Kier molecular flexibility index (Phi) is 11.6. The molecule has 2 atom stereocenters. The minimum Gasteiger partial charge on any atom is -0.469 e. The number of carbonyl (C=O) groups excluding carboxylic acids is 3. The summed E-state index contributed by atoms with van der Waals surface area (Å²) in [7, 11) is 2.46. The number of halogens is 2. The van der Waals surface area contributed by atoms with E-state index >= 15 is 0 Å². The highest BCUT2D eigenvalue weighted by molar-refractivity contribution is 6.11.